The van der Waals surface area contributed by atoms with Gasteiger partial charge >= 0.3 is 0 Å². The van der Waals surface area contributed by atoms with Gasteiger partial charge in [-0.3, -0.25) is 9.59 Å². The van der Waals surface area contributed by atoms with E-state index >= 15 is 0 Å². The van der Waals surface area contributed by atoms with Crippen molar-refractivity contribution in [1.29, 1.82) is 0 Å². The van der Waals surface area contributed by atoms with Crippen LogP contribution in [0.5, 0.6) is 0 Å². The first-order chi connectivity index (χ1) is 16.5. The zero-order valence-corrected chi connectivity index (χ0v) is 19.8. The molecule has 2 amide bonds. The summed E-state index contributed by atoms with van der Waals surface area (Å²) in [6.45, 7) is 3.89. The maximum Gasteiger partial charge on any atom is 0.251 e. The van der Waals surface area contributed by atoms with Crippen LogP contribution in [0.4, 0.5) is 11.4 Å². The second kappa shape index (κ2) is 8.93. The maximum absolute atomic E-state index is 12.8. The first kappa shape index (κ1) is 22.1. The Morgan fingerprint density at radius 3 is 2.29 bits per heavy atom. The van der Waals surface area contributed by atoms with E-state index in [0.29, 0.717) is 11.5 Å². The standard InChI is InChI=1S/C28H30N4O2/c1-17-25(30-22-7-5-4-6-8-22)26-24(32(18(2)33)27(17)20-11-12-20)16-15-23(31-26)19-9-13-21(14-10-19)28(34)29-3/h4-10,13-17,20,25,27,30H,11-12H2,1-3H3,(H,29,34)/t17-,25-,27-/m1/s1. The number of hydrogen-bond donors (Lipinski definition) is 2. The number of anilines is 2. The summed E-state index contributed by atoms with van der Waals surface area (Å²) in [5, 5.41) is 6.36. The number of aromatic nitrogens is 1. The first-order valence-electron chi connectivity index (χ1n) is 11.9. The summed E-state index contributed by atoms with van der Waals surface area (Å²) in [7, 11) is 1.62. The number of rotatable bonds is 5. The Labute approximate surface area is 200 Å². The number of para-hydroxylation sites is 1. The van der Waals surface area contributed by atoms with Crippen LogP contribution in [-0.4, -0.2) is 29.9 Å². The molecule has 2 aromatic carbocycles. The van der Waals surface area contributed by atoms with Crippen LogP contribution in [0.2, 0.25) is 0 Å². The molecule has 2 N–H and O–H groups in total. The molecule has 0 spiro atoms. The lowest BCUT2D eigenvalue weighted by Crippen LogP contribution is -2.51. The molecule has 0 unspecified atom stereocenters. The number of benzene rings is 2. The summed E-state index contributed by atoms with van der Waals surface area (Å²) in [4.78, 5) is 31.8. The van der Waals surface area contributed by atoms with Crippen LogP contribution in [0.15, 0.2) is 66.7 Å². The van der Waals surface area contributed by atoms with Crippen molar-refractivity contribution in [1.82, 2.24) is 10.3 Å². The van der Waals surface area contributed by atoms with Crippen molar-refractivity contribution in [2.75, 3.05) is 17.3 Å². The molecular formula is C28H30N4O2. The van der Waals surface area contributed by atoms with E-state index in [0.717, 1.165) is 41.2 Å². The highest BCUT2D eigenvalue weighted by molar-refractivity contribution is 5.95. The minimum Gasteiger partial charge on any atom is -0.376 e. The predicted octanol–water partition coefficient (Wildman–Crippen LogP) is 5.04. The van der Waals surface area contributed by atoms with Crippen LogP contribution in [0, 0.1) is 11.8 Å². The van der Waals surface area contributed by atoms with Gasteiger partial charge in [-0.15, -0.1) is 0 Å². The third kappa shape index (κ3) is 4.04. The molecule has 2 heterocycles. The molecule has 3 atom stereocenters. The molecule has 34 heavy (non-hydrogen) atoms. The number of nitrogens with zero attached hydrogens (tertiary/aromatic N) is 2. The minimum absolute atomic E-state index is 0.0244. The number of nitrogens with one attached hydrogen (secondary N) is 2. The summed E-state index contributed by atoms with van der Waals surface area (Å²) < 4.78 is 0. The second-order valence-corrected chi connectivity index (χ2v) is 9.32. The van der Waals surface area contributed by atoms with E-state index in [9.17, 15) is 9.59 Å². The highest BCUT2D eigenvalue weighted by Gasteiger charge is 2.48. The topological polar surface area (TPSA) is 74.3 Å². The average Bonchev–Trinajstić information content (AvgIpc) is 3.70. The van der Waals surface area contributed by atoms with Gasteiger partial charge in [-0.05, 0) is 55.2 Å². The molecule has 1 saturated carbocycles. The number of fused-ring (bicyclic) bond motifs is 1. The summed E-state index contributed by atoms with van der Waals surface area (Å²) in [5.74, 6) is 0.674. The van der Waals surface area contributed by atoms with E-state index in [1.54, 1.807) is 14.0 Å². The fourth-order valence-corrected chi connectivity index (χ4v) is 5.21. The lowest BCUT2D eigenvalue weighted by molar-refractivity contribution is -0.117. The van der Waals surface area contributed by atoms with E-state index in [4.69, 9.17) is 4.98 Å². The summed E-state index contributed by atoms with van der Waals surface area (Å²) in [5.41, 5.74) is 5.18. The molecule has 6 nitrogen and oxygen atoms in total. The maximum atomic E-state index is 12.8. The lowest BCUT2D eigenvalue weighted by Gasteiger charge is -2.45. The van der Waals surface area contributed by atoms with Gasteiger partial charge in [-0.1, -0.05) is 37.3 Å². The molecule has 1 fully saturated rings. The van der Waals surface area contributed by atoms with Crippen molar-refractivity contribution in [3.8, 4) is 11.3 Å². The van der Waals surface area contributed by atoms with Gasteiger partial charge in [0.1, 0.15) is 0 Å². The molecule has 174 valence electrons. The predicted molar refractivity (Wildman–Crippen MR) is 135 cm³/mol. The fraction of sp³-hybridized carbons (Fsp3) is 0.321. The highest BCUT2D eigenvalue weighted by Crippen LogP contribution is 2.49. The van der Waals surface area contributed by atoms with E-state index < -0.39 is 0 Å². The van der Waals surface area contributed by atoms with E-state index in [2.05, 4.69) is 29.7 Å². The van der Waals surface area contributed by atoms with Crippen LogP contribution in [0.1, 0.15) is 48.8 Å². The first-order valence-corrected chi connectivity index (χ1v) is 11.9. The Hall–Kier alpha value is -3.67. The van der Waals surface area contributed by atoms with Crippen molar-refractivity contribution in [3.63, 3.8) is 0 Å². The second-order valence-electron chi connectivity index (χ2n) is 9.32. The summed E-state index contributed by atoms with van der Waals surface area (Å²) in [6.07, 6.45) is 2.32. The van der Waals surface area contributed by atoms with Crippen LogP contribution in [0.3, 0.4) is 0 Å². The SMILES string of the molecule is CNC(=O)c1ccc(-c2ccc3c(n2)[C@H](Nc2ccccc2)[C@@H](C)[C@H](C2CC2)N3C(C)=O)cc1. The quantitative estimate of drug-likeness (QED) is 0.566. The lowest BCUT2D eigenvalue weighted by atomic mass is 9.81. The molecular weight excluding hydrogens is 424 g/mol. The van der Waals surface area contributed by atoms with E-state index in [-0.39, 0.29) is 29.8 Å². The third-order valence-corrected chi connectivity index (χ3v) is 7.03. The third-order valence-electron chi connectivity index (χ3n) is 7.03. The van der Waals surface area contributed by atoms with E-state index in [1.807, 2.05) is 59.5 Å². The molecule has 0 bridgehead atoms. The number of carbonyl (C=O) groups excluding carboxylic acids is 2. The Bertz CT molecular complexity index is 1200. The monoisotopic (exact) mass is 454 g/mol. The zero-order valence-electron chi connectivity index (χ0n) is 19.8. The normalized spacial score (nSPS) is 21.5. The molecule has 2 aliphatic rings. The molecule has 0 radical (unpaired) electrons. The zero-order chi connectivity index (χ0) is 23.8. The van der Waals surface area contributed by atoms with Crippen molar-refractivity contribution in [3.05, 3.63) is 78.0 Å². The summed E-state index contributed by atoms with van der Waals surface area (Å²) in [6, 6.07) is 21.8. The van der Waals surface area contributed by atoms with E-state index in [1.165, 1.54) is 0 Å². The van der Waals surface area contributed by atoms with Crippen LogP contribution in [0.25, 0.3) is 11.3 Å². The Kier molecular flexibility index (Phi) is 5.82. The Morgan fingerprint density at radius 1 is 0.971 bits per heavy atom. The Morgan fingerprint density at radius 2 is 1.68 bits per heavy atom. The van der Waals surface area contributed by atoms with Gasteiger partial charge in [-0.25, -0.2) is 4.98 Å². The van der Waals surface area contributed by atoms with Gasteiger partial charge in [0.05, 0.1) is 23.1 Å². The largest absolute Gasteiger partial charge is 0.376 e. The van der Waals surface area contributed by atoms with Gasteiger partial charge < -0.3 is 15.5 Å². The van der Waals surface area contributed by atoms with Crippen LogP contribution < -0.4 is 15.5 Å². The number of amides is 2. The molecule has 0 saturated heterocycles. The average molecular weight is 455 g/mol. The number of pyridine rings is 1. The smallest absolute Gasteiger partial charge is 0.251 e. The van der Waals surface area contributed by atoms with Crippen molar-refractivity contribution < 1.29 is 9.59 Å². The van der Waals surface area contributed by atoms with Gasteiger partial charge in [0.25, 0.3) is 5.91 Å². The minimum atomic E-state index is -0.117. The Balaban J connectivity index is 1.59. The molecule has 1 aliphatic carbocycles. The number of hydrogen-bond acceptors (Lipinski definition) is 4. The highest BCUT2D eigenvalue weighted by atomic mass is 16.2. The van der Waals surface area contributed by atoms with Crippen LogP contribution >= 0.6 is 0 Å². The molecule has 6 heteroatoms. The van der Waals surface area contributed by atoms with Gasteiger partial charge in [0, 0.05) is 42.7 Å². The van der Waals surface area contributed by atoms with Crippen molar-refractivity contribution >= 4 is 23.2 Å². The molecule has 1 aliphatic heterocycles. The fourth-order valence-electron chi connectivity index (χ4n) is 5.21. The molecule has 5 rings (SSSR count). The molecule has 1 aromatic heterocycles. The number of carbonyl (C=O) groups is 2. The van der Waals surface area contributed by atoms with Gasteiger partial charge in [0.2, 0.25) is 5.91 Å². The van der Waals surface area contributed by atoms with Gasteiger partial charge in [0.15, 0.2) is 0 Å². The van der Waals surface area contributed by atoms with Crippen molar-refractivity contribution in [2.45, 2.75) is 38.8 Å². The van der Waals surface area contributed by atoms with Gasteiger partial charge in [-0.2, -0.15) is 0 Å². The van der Waals surface area contributed by atoms with Crippen LogP contribution in [-0.2, 0) is 4.79 Å². The molecule has 3 aromatic rings. The van der Waals surface area contributed by atoms with Crippen molar-refractivity contribution in [2.24, 2.45) is 11.8 Å². The summed E-state index contributed by atoms with van der Waals surface area (Å²) >= 11 is 0.